The molecule has 0 saturated heterocycles. The van der Waals surface area contributed by atoms with E-state index in [2.05, 4.69) is 27.1 Å². The molecule has 3 rings (SSSR count). The van der Waals surface area contributed by atoms with Crippen LogP contribution in [0.2, 0.25) is 0 Å². The molecule has 0 unspecified atom stereocenters. The first-order valence-electron chi connectivity index (χ1n) is 5.36. The zero-order valence-corrected chi connectivity index (χ0v) is 8.24. The molecule has 1 fully saturated rings. The van der Waals surface area contributed by atoms with E-state index in [0.29, 0.717) is 0 Å². The molecule has 1 N–H and O–H groups in total. The van der Waals surface area contributed by atoms with Crippen LogP contribution < -0.4 is 5.32 Å². The van der Waals surface area contributed by atoms with Crippen molar-refractivity contribution >= 4 is 12.2 Å². The minimum Gasteiger partial charge on any atom is -0.334 e. The third-order valence-corrected chi connectivity index (χ3v) is 3.28. The fourth-order valence-corrected chi connectivity index (χ4v) is 2.18. The molecule has 0 atom stereocenters. The Morgan fingerprint density at radius 2 is 2.43 bits per heavy atom. The molecule has 2 aliphatic rings. The first-order chi connectivity index (χ1) is 6.93. The van der Waals surface area contributed by atoms with E-state index in [1.807, 2.05) is 0 Å². The number of nitrogens with one attached hydrogen (secondary N) is 1. The summed E-state index contributed by atoms with van der Waals surface area (Å²) in [4.78, 5) is 4.20. The van der Waals surface area contributed by atoms with Gasteiger partial charge in [0.25, 0.3) is 0 Å². The lowest BCUT2D eigenvalue weighted by Gasteiger charge is -2.27. The molecular weight excluding hydrogens is 174 g/mol. The molecule has 14 heavy (non-hydrogen) atoms. The molecule has 0 amide bonds. The second-order valence-corrected chi connectivity index (χ2v) is 4.25. The predicted molar refractivity (Wildman–Crippen MR) is 57.6 cm³/mol. The lowest BCUT2D eigenvalue weighted by Crippen LogP contribution is -2.19. The quantitative estimate of drug-likeness (QED) is 0.759. The van der Waals surface area contributed by atoms with E-state index in [1.54, 1.807) is 6.34 Å². The average molecular weight is 189 g/mol. The van der Waals surface area contributed by atoms with E-state index >= 15 is 0 Å². The first-order valence-corrected chi connectivity index (χ1v) is 5.36. The minimum absolute atomic E-state index is 0.833. The second-order valence-electron chi connectivity index (χ2n) is 4.25. The normalized spacial score (nSPS) is 20.0. The molecule has 1 aliphatic carbocycles. The Hall–Kier alpha value is -1.25. The molecule has 0 radical (unpaired) electrons. The molecule has 3 nitrogen and oxygen atoms in total. The van der Waals surface area contributed by atoms with Crippen LogP contribution in [0.25, 0.3) is 0 Å². The largest absolute Gasteiger partial charge is 0.334 e. The Labute approximate surface area is 83.8 Å². The van der Waals surface area contributed by atoms with Crippen LogP contribution in [-0.2, 0) is 13.1 Å². The van der Waals surface area contributed by atoms with Crippen molar-refractivity contribution in [2.24, 2.45) is 10.9 Å². The Bertz CT molecular complexity index is 361. The van der Waals surface area contributed by atoms with Crippen molar-refractivity contribution in [3.8, 4) is 0 Å². The number of hydrogen-bond acceptors (Lipinski definition) is 2. The Kier molecular flexibility index (Phi) is 1.82. The van der Waals surface area contributed by atoms with E-state index in [9.17, 15) is 0 Å². The van der Waals surface area contributed by atoms with Gasteiger partial charge in [0.15, 0.2) is 0 Å². The van der Waals surface area contributed by atoms with Gasteiger partial charge in [-0.15, -0.1) is 0 Å². The van der Waals surface area contributed by atoms with Gasteiger partial charge in [-0.05, 0) is 24.8 Å². The summed E-state index contributed by atoms with van der Waals surface area (Å²) in [7, 11) is 0. The number of anilines is 1. The van der Waals surface area contributed by atoms with Crippen LogP contribution in [0.3, 0.4) is 0 Å². The van der Waals surface area contributed by atoms with Gasteiger partial charge in [0, 0.05) is 18.3 Å². The van der Waals surface area contributed by atoms with Crippen LogP contribution >= 0.6 is 0 Å². The zero-order chi connectivity index (χ0) is 9.38. The molecular formula is C11H15N3. The van der Waals surface area contributed by atoms with Gasteiger partial charge < -0.3 is 9.88 Å². The number of nitrogens with zero attached hydrogens (tertiary/aromatic N) is 2. The SMILES string of the molecule is C1=NCc2ccn(CC3CCC3)c2N1. The van der Waals surface area contributed by atoms with Crippen LogP contribution in [0.5, 0.6) is 0 Å². The van der Waals surface area contributed by atoms with Crippen LogP contribution in [0.4, 0.5) is 5.82 Å². The third kappa shape index (κ3) is 1.24. The van der Waals surface area contributed by atoms with Gasteiger partial charge in [-0.2, -0.15) is 0 Å². The van der Waals surface area contributed by atoms with E-state index in [0.717, 1.165) is 12.5 Å². The van der Waals surface area contributed by atoms with Crippen molar-refractivity contribution in [3.05, 3.63) is 17.8 Å². The third-order valence-electron chi connectivity index (χ3n) is 3.28. The maximum atomic E-state index is 4.20. The lowest BCUT2D eigenvalue weighted by atomic mass is 9.85. The summed E-state index contributed by atoms with van der Waals surface area (Å²) in [6, 6.07) is 2.18. The molecule has 1 aromatic rings. The van der Waals surface area contributed by atoms with Crippen LogP contribution in [0, 0.1) is 5.92 Å². The molecule has 0 aromatic carbocycles. The zero-order valence-electron chi connectivity index (χ0n) is 8.24. The smallest absolute Gasteiger partial charge is 0.116 e. The Balaban J connectivity index is 1.81. The highest BCUT2D eigenvalue weighted by atomic mass is 15.1. The molecule has 2 heterocycles. The summed E-state index contributed by atoms with van der Waals surface area (Å²) in [6.45, 7) is 2.01. The maximum Gasteiger partial charge on any atom is 0.116 e. The van der Waals surface area contributed by atoms with Gasteiger partial charge in [0.2, 0.25) is 0 Å². The first kappa shape index (κ1) is 8.09. The van der Waals surface area contributed by atoms with Gasteiger partial charge in [-0.25, -0.2) is 0 Å². The highest BCUT2D eigenvalue weighted by Gasteiger charge is 2.20. The fraction of sp³-hybridized carbons (Fsp3) is 0.545. The summed E-state index contributed by atoms with van der Waals surface area (Å²) in [6.07, 6.45) is 8.22. The van der Waals surface area contributed by atoms with E-state index in [4.69, 9.17) is 0 Å². The molecule has 1 aliphatic heterocycles. The van der Waals surface area contributed by atoms with Crippen molar-refractivity contribution in [1.82, 2.24) is 4.57 Å². The van der Waals surface area contributed by atoms with Crippen molar-refractivity contribution in [2.45, 2.75) is 32.4 Å². The summed E-state index contributed by atoms with van der Waals surface area (Å²) >= 11 is 0. The summed E-state index contributed by atoms with van der Waals surface area (Å²) < 4.78 is 2.34. The Morgan fingerprint density at radius 1 is 1.50 bits per heavy atom. The second kappa shape index (κ2) is 3.15. The van der Waals surface area contributed by atoms with Crippen molar-refractivity contribution in [3.63, 3.8) is 0 Å². The van der Waals surface area contributed by atoms with Gasteiger partial charge >= 0.3 is 0 Å². The number of fused-ring (bicyclic) bond motifs is 1. The summed E-state index contributed by atoms with van der Waals surface area (Å²) in [5.41, 5.74) is 1.33. The van der Waals surface area contributed by atoms with Crippen molar-refractivity contribution in [2.75, 3.05) is 5.32 Å². The number of hydrogen-bond donors (Lipinski definition) is 1. The predicted octanol–water partition coefficient (Wildman–Crippen LogP) is 2.24. The molecule has 0 bridgehead atoms. The van der Waals surface area contributed by atoms with Crippen LogP contribution in [-0.4, -0.2) is 10.9 Å². The monoisotopic (exact) mass is 189 g/mol. The van der Waals surface area contributed by atoms with Gasteiger partial charge in [0.05, 0.1) is 12.9 Å². The van der Waals surface area contributed by atoms with Gasteiger partial charge in [-0.3, -0.25) is 4.99 Å². The topological polar surface area (TPSA) is 29.3 Å². The Morgan fingerprint density at radius 3 is 3.21 bits per heavy atom. The van der Waals surface area contributed by atoms with Gasteiger partial charge in [-0.1, -0.05) is 6.42 Å². The molecule has 74 valence electrons. The van der Waals surface area contributed by atoms with Crippen LogP contribution in [0.15, 0.2) is 17.3 Å². The average Bonchev–Trinajstić information content (AvgIpc) is 2.55. The lowest BCUT2D eigenvalue weighted by molar-refractivity contribution is 0.278. The maximum absolute atomic E-state index is 4.20. The van der Waals surface area contributed by atoms with E-state index in [-0.39, 0.29) is 0 Å². The molecule has 1 aromatic heterocycles. The molecule has 3 heteroatoms. The number of rotatable bonds is 2. The highest BCUT2D eigenvalue weighted by molar-refractivity contribution is 5.78. The summed E-state index contributed by atoms with van der Waals surface area (Å²) in [5, 5.41) is 3.24. The standard InChI is InChI=1S/C11H15N3/c1-2-9(3-1)7-14-5-4-10-6-12-8-13-11(10)14/h4-5,8-9H,1-3,6-7H2,(H,12,13). The fourth-order valence-electron chi connectivity index (χ4n) is 2.18. The summed E-state index contributed by atoms with van der Waals surface area (Å²) in [5.74, 6) is 2.17. The molecule has 1 saturated carbocycles. The van der Waals surface area contributed by atoms with E-state index < -0.39 is 0 Å². The minimum atomic E-state index is 0.833. The van der Waals surface area contributed by atoms with Crippen molar-refractivity contribution < 1.29 is 0 Å². The number of aromatic nitrogens is 1. The number of aliphatic imine (C=N–C) groups is 1. The van der Waals surface area contributed by atoms with E-state index in [1.165, 1.54) is 37.2 Å². The van der Waals surface area contributed by atoms with Crippen molar-refractivity contribution in [1.29, 1.82) is 0 Å². The molecule has 0 spiro atoms. The van der Waals surface area contributed by atoms with Gasteiger partial charge in [0.1, 0.15) is 5.82 Å². The highest BCUT2D eigenvalue weighted by Crippen LogP contribution is 2.30. The van der Waals surface area contributed by atoms with Crippen LogP contribution in [0.1, 0.15) is 24.8 Å².